The van der Waals surface area contributed by atoms with Gasteiger partial charge < -0.3 is 5.11 Å². The number of carboxylic acids is 1. The van der Waals surface area contributed by atoms with Crippen LogP contribution in [0.5, 0.6) is 0 Å². The predicted molar refractivity (Wildman–Crippen MR) is 73.5 cm³/mol. The summed E-state index contributed by atoms with van der Waals surface area (Å²) < 4.78 is 0. The molecule has 1 aromatic carbocycles. The average molecular weight is 299 g/mol. The number of carboxylic acid groups (broad SMARTS) is 1. The van der Waals surface area contributed by atoms with Crippen LogP contribution in [0.25, 0.3) is 0 Å². The Hall–Kier alpha value is -0.830. The normalized spacial score (nSPS) is 14.2. The molecular weight excluding hydrogens is 280 g/mol. The first kappa shape index (κ1) is 14.2. The number of hydrogen-bond acceptors (Lipinski definition) is 1. The van der Waals surface area contributed by atoms with Crippen LogP contribution in [0.1, 0.15) is 31.7 Å². The second-order valence-corrected chi connectivity index (χ2v) is 6.00. The molecule has 2 nitrogen and oxygen atoms in total. The maximum absolute atomic E-state index is 11.2. The van der Waals surface area contributed by atoms with E-state index >= 15 is 0 Å². The Morgan fingerprint density at radius 2 is 1.94 bits per heavy atom. The quantitative estimate of drug-likeness (QED) is 0.776. The smallest absolute Gasteiger partial charge is 0.306 e. The van der Waals surface area contributed by atoms with Crippen molar-refractivity contribution in [3.05, 3.63) is 35.9 Å². The van der Waals surface area contributed by atoms with Crippen molar-refractivity contribution in [2.45, 2.75) is 37.4 Å². The third-order valence-electron chi connectivity index (χ3n) is 2.83. The summed E-state index contributed by atoms with van der Waals surface area (Å²) in [5.74, 6) is -0.945. The zero-order valence-electron chi connectivity index (χ0n) is 10.1. The predicted octanol–water partition coefficient (Wildman–Crippen LogP) is 3.88. The topological polar surface area (TPSA) is 37.3 Å². The van der Waals surface area contributed by atoms with Gasteiger partial charge in [0.25, 0.3) is 0 Å². The molecule has 0 aromatic heterocycles. The standard InChI is InChI=1S/C14H19BrO2/c1-11(15)6-5-9-13(14(16)17)10-12-7-3-2-4-8-12/h2-4,7-8,11,13H,5-6,9-10H2,1H3,(H,16,17)/t11-,13-/m0/s1. The fourth-order valence-electron chi connectivity index (χ4n) is 1.86. The summed E-state index contributed by atoms with van der Waals surface area (Å²) in [7, 11) is 0. The van der Waals surface area contributed by atoms with Crippen molar-refractivity contribution in [1.82, 2.24) is 0 Å². The minimum atomic E-state index is -0.684. The molecular formula is C14H19BrO2. The van der Waals surface area contributed by atoms with Gasteiger partial charge in [0.2, 0.25) is 0 Å². The van der Waals surface area contributed by atoms with E-state index in [1.807, 2.05) is 30.3 Å². The monoisotopic (exact) mass is 298 g/mol. The first-order chi connectivity index (χ1) is 8.09. The van der Waals surface area contributed by atoms with Gasteiger partial charge in [0.15, 0.2) is 0 Å². The summed E-state index contributed by atoms with van der Waals surface area (Å²) >= 11 is 3.48. The molecule has 0 radical (unpaired) electrons. The summed E-state index contributed by atoms with van der Waals surface area (Å²) in [4.78, 5) is 11.6. The van der Waals surface area contributed by atoms with Gasteiger partial charge in [-0.1, -0.05) is 59.6 Å². The van der Waals surface area contributed by atoms with Crippen molar-refractivity contribution in [3.63, 3.8) is 0 Å². The molecule has 0 aliphatic heterocycles. The molecule has 0 fully saturated rings. The fraction of sp³-hybridized carbons (Fsp3) is 0.500. The van der Waals surface area contributed by atoms with Crippen LogP contribution in [0.2, 0.25) is 0 Å². The molecule has 0 amide bonds. The van der Waals surface area contributed by atoms with Gasteiger partial charge in [-0.05, 0) is 24.8 Å². The van der Waals surface area contributed by atoms with Gasteiger partial charge in [-0.15, -0.1) is 0 Å². The van der Waals surface area contributed by atoms with Crippen LogP contribution < -0.4 is 0 Å². The first-order valence-electron chi connectivity index (χ1n) is 6.00. The zero-order valence-corrected chi connectivity index (χ0v) is 11.7. The van der Waals surface area contributed by atoms with E-state index in [1.165, 1.54) is 0 Å². The van der Waals surface area contributed by atoms with Crippen LogP contribution in [0, 0.1) is 5.92 Å². The Bertz CT molecular complexity index is 335. The lowest BCUT2D eigenvalue weighted by molar-refractivity contribution is -0.142. The molecule has 1 rings (SSSR count). The molecule has 94 valence electrons. The molecule has 0 spiro atoms. The molecule has 0 saturated heterocycles. The zero-order chi connectivity index (χ0) is 12.7. The number of carbonyl (C=O) groups is 1. The number of rotatable bonds is 7. The number of alkyl halides is 1. The van der Waals surface area contributed by atoms with E-state index < -0.39 is 5.97 Å². The molecule has 0 aliphatic rings. The van der Waals surface area contributed by atoms with Crippen molar-refractivity contribution in [2.24, 2.45) is 5.92 Å². The van der Waals surface area contributed by atoms with Gasteiger partial charge in [-0.2, -0.15) is 0 Å². The highest BCUT2D eigenvalue weighted by atomic mass is 79.9. The summed E-state index contributed by atoms with van der Waals surface area (Å²) in [6, 6.07) is 9.83. The summed E-state index contributed by atoms with van der Waals surface area (Å²) in [6.07, 6.45) is 3.36. The second-order valence-electron chi connectivity index (χ2n) is 4.44. The van der Waals surface area contributed by atoms with Gasteiger partial charge in [-0.3, -0.25) is 4.79 Å². The molecule has 0 saturated carbocycles. The molecule has 17 heavy (non-hydrogen) atoms. The van der Waals surface area contributed by atoms with Gasteiger partial charge in [0, 0.05) is 4.83 Å². The van der Waals surface area contributed by atoms with Crippen LogP contribution in [-0.2, 0) is 11.2 Å². The van der Waals surface area contributed by atoms with E-state index in [0.717, 1.165) is 24.8 Å². The van der Waals surface area contributed by atoms with E-state index in [1.54, 1.807) is 0 Å². The SMILES string of the molecule is C[C@H](Br)CCC[C@@H](Cc1ccccc1)C(=O)O. The van der Waals surface area contributed by atoms with Crippen molar-refractivity contribution in [1.29, 1.82) is 0 Å². The highest BCUT2D eigenvalue weighted by molar-refractivity contribution is 9.09. The molecule has 3 heteroatoms. The third kappa shape index (κ3) is 5.87. The Labute approximate surface area is 111 Å². The lowest BCUT2D eigenvalue weighted by atomic mass is 9.94. The summed E-state index contributed by atoms with van der Waals surface area (Å²) in [5, 5.41) is 9.19. The van der Waals surface area contributed by atoms with Crippen molar-refractivity contribution >= 4 is 21.9 Å². The van der Waals surface area contributed by atoms with E-state index in [2.05, 4.69) is 22.9 Å². The number of hydrogen-bond donors (Lipinski definition) is 1. The number of aliphatic carboxylic acids is 1. The highest BCUT2D eigenvalue weighted by Crippen LogP contribution is 2.18. The maximum Gasteiger partial charge on any atom is 0.306 e. The minimum absolute atomic E-state index is 0.261. The third-order valence-corrected chi connectivity index (χ3v) is 3.29. The molecule has 0 aliphatic carbocycles. The minimum Gasteiger partial charge on any atom is -0.481 e. The van der Waals surface area contributed by atoms with E-state index in [0.29, 0.717) is 11.2 Å². The Morgan fingerprint density at radius 3 is 2.47 bits per heavy atom. The van der Waals surface area contributed by atoms with Crippen LogP contribution in [0.4, 0.5) is 0 Å². The van der Waals surface area contributed by atoms with Gasteiger partial charge in [0.05, 0.1) is 5.92 Å². The second kappa shape index (κ2) is 7.49. The summed E-state index contributed by atoms with van der Waals surface area (Å²) in [6.45, 7) is 2.09. The van der Waals surface area contributed by atoms with Gasteiger partial charge >= 0.3 is 5.97 Å². The number of halogens is 1. The van der Waals surface area contributed by atoms with Crippen LogP contribution >= 0.6 is 15.9 Å². The lowest BCUT2D eigenvalue weighted by Gasteiger charge is -2.12. The molecule has 1 N–H and O–H groups in total. The molecule has 0 bridgehead atoms. The van der Waals surface area contributed by atoms with E-state index in [9.17, 15) is 9.90 Å². The highest BCUT2D eigenvalue weighted by Gasteiger charge is 2.17. The Morgan fingerprint density at radius 1 is 1.29 bits per heavy atom. The van der Waals surface area contributed by atoms with Gasteiger partial charge in [0.1, 0.15) is 0 Å². The van der Waals surface area contributed by atoms with Crippen LogP contribution in [-0.4, -0.2) is 15.9 Å². The maximum atomic E-state index is 11.2. The van der Waals surface area contributed by atoms with Crippen molar-refractivity contribution in [3.8, 4) is 0 Å². The van der Waals surface area contributed by atoms with E-state index in [4.69, 9.17) is 0 Å². The molecule has 0 unspecified atom stereocenters. The molecule has 1 aromatic rings. The molecule has 2 atom stereocenters. The fourth-order valence-corrected chi connectivity index (χ4v) is 2.18. The van der Waals surface area contributed by atoms with Crippen LogP contribution in [0.15, 0.2) is 30.3 Å². The first-order valence-corrected chi connectivity index (χ1v) is 6.92. The largest absolute Gasteiger partial charge is 0.481 e. The van der Waals surface area contributed by atoms with Crippen molar-refractivity contribution < 1.29 is 9.90 Å². The van der Waals surface area contributed by atoms with E-state index in [-0.39, 0.29) is 5.92 Å². The summed E-state index contributed by atoms with van der Waals surface area (Å²) in [5.41, 5.74) is 1.10. The number of benzene rings is 1. The Balaban J connectivity index is 2.47. The van der Waals surface area contributed by atoms with Gasteiger partial charge in [-0.25, -0.2) is 0 Å². The van der Waals surface area contributed by atoms with Crippen molar-refractivity contribution in [2.75, 3.05) is 0 Å². The Kier molecular flexibility index (Phi) is 6.27. The van der Waals surface area contributed by atoms with Crippen LogP contribution in [0.3, 0.4) is 0 Å². The lowest BCUT2D eigenvalue weighted by Crippen LogP contribution is -2.16. The molecule has 0 heterocycles. The average Bonchev–Trinajstić information content (AvgIpc) is 2.28.